The molecule has 0 saturated carbocycles. The molecule has 0 aliphatic carbocycles. The molecule has 3 rings (SSSR count). The average molecular weight is 245 g/mol. The van der Waals surface area contributed by atoms with E-state index in [0.29, 0.717) is 5.25 Å². The first-order valence-corrected chi connectivity index (χ1v) is 6.71. The summed E-state index contributed by atoms with van der Waals surface area (Å²) >= 11 is 1.94. The molecule has 1 N–H and O–H groups in total. The molecular weight excluding hydrogens is 230 g/mol. The predicted molar refractivity (Wildman–Crippen MR) is 70.3 cm³/mol. The van der Waals surface area contributed by atoms with Gasteiger partial charge < -0.3 is 9.73 Å². The molecule has 2 nitrogen and oxygen atoms in total. The Morgan fingerprint density at radius 1 is 1.29 bits per heavy atom. The summed E-state index contributed by atoms with van der Waals surface area (Å²) in [6.07, 6.45) is 2.85. The number of thioether (sulfide) groups is 1. The van der Waals surface area contributed by atoms with Crippen LogP contribution in [-0.2, 0) is 6.42 Å². The van der Waals surface area contributed by atoms with Gasteiger partial charge in [0.2, 0.25) is 0 Å². The summed E-state index contributed by atoms with van der Waals surface area (Å²) in [6.45, 7) is 0. The summed E-state index contributed by atoms with van der Waals surface area (Å²) in [7, 11) is 2.00. The van der Waals surface area contributed by atoms with Crippen LogP contribution in [0.15, 0.2) is 52.0 Å². The second-order valence-corrected chi connectivity index (χ2v) is 5.53. The molecule has 2 atom stereocenters. The summed E-state index contributed by atoms with van der Waals surface area (Å²) in [5.74, 6) is 1.03. The van der Waals surface area contributed by atoms with E-state index in [2.05, 4.69) is 29.6 Å². The maximum absolute atomic E-state index is 5.52. The molecule has 0 spiro atoms. The Kier molecular flexibility index (Phi) is 2.95. The van der Waals surface area contributed by atoms with E-state index in [1.807, 2.05) is 30.9 Å². The zero-order chi connectivity index (χ0) is 11.7. The lowest BCUT2D eigenvalue weighted by Crippen LogP contribution is -2.26. The van der Waals surface area contributed by atoms with E-state index >= 15 is 0 Å². The topological polar surface area (TPSA) is 25.2 Å². The van der Waals surface area contributed by atoms with Gasteiger partial charge >= 0.3 is 0 Å². The molecular formula is C14H15NOS. The van der Waals surface area contributed by atoms with E-state index in [1.165, 1.54) is 10.5 Å². The molecule has 17 heavy (non-hydrogen) atoms. The number of fused-ring (bicyclic) bond motifs is 1. The van der Waals surface area contributed by atoms with Gasteiger partial charge in [0.05, 0.1) is 12.3 Å². The van der Waals surface area contributed by atoms with Crippen LogP contribution in [0.4, 0.5) is 0 Å². The zero-order valence-corrected chi connectivity index (χ0v) is 10.5. The van der Waals surface area contributed by atoms with E-state index in [-0.39, 0.29) is 6.04 Å². The molecule has 0 saturated heterocycles. The minimum absolute atomic E-state index is 0.280. The minimum atomic E-state index is 0.280. The Hall–Kier alpha value is -1.19. The maximum atomic E-state index is 5.52. The number of benzene rings is 1. The van der Waals surface area contributed by atoms with Crippen LogP contribution in [0, 0.1) is 0 Å². The molecule has 0 amide bonds. The smallest absolute Gasteiger partial charge is 0.121 e. The molecule has 88 valence electrons. The Morgan fingerprint density at radius 3 is 2.88 bits per heavy atom. The van der Waals surface area contributed by atoms with Crippen molar-refractivity contribution >= 4 is 11.8 Å². The average Bonchev–Trinajstić information content (AvgIpc) is 2.98. The van der Waals surface area contributed by atoms with Gasteiger partial charge in [0.25, 0.3) is 0 Å². The van der Waals surface area contributed by atoms with Gasteiger partial charge in [-0.05, 0) is 37.2 Å². The van der Waals surface area contributed by atoms with E-state index in [9.17, 15) is 0 Å². The van der Waals surface area contributed by atoms with Gasteiger partial charge in [-0.2, -0.15) is 0 Å². The summed E-state index contributed by atoms with van der Waals surface area (Å²) in [5.41, 5.74) is 1.45. The Labute approximate surface area is 105 Å². The molecule has 3 heteroatoms. The monoisotopic (exact) mass is 245 g/mol. The van der Waals surface area contributed by atoms with Gasteiger partial charge in [-0.25, -0.2) is 0 Å². The second kappa shape index (κ2) is 4.59. The second-order valence-electron chi connectivity index (χ2n) is 4.25. The first-order chi connectivity index (χ1) is 8.38. The third-order valence-electron chi connectivity index (χ3n) is 3.20. The van der Waals surface area contributed by atoms with Crippen molar-refractivity contribution in [2.24, 2.45) is 0 Å². The molecule has 1 aliphatic heterocycles. The van der Waals surface area contributed by atoms with Gasteiger partial charge in [-0.15, -0.1) is 11.8 Å². The molecule has 0 fully saturated rings. The molecule has 2 unspecified atom stereocenters. The van der Waals surface area contributed by atoms with E-state index in [0.717, 1.165) is 12.2 Å². The molecule has 0 radical (unpaired) electrons. The highest BCUT2D eigenvalue weighted by Crippen LogP contribution is 2.42. The van der Waals surface area contributed by atoms with Crippen LogP contribution in [0.25, 0.3) is 0 Å². The van der Waals surface area contributed by atoms with E-state index in [4.69, 9.17) is 4.42 Å². The zero-order valence-electron chi connectivity index (χ0n) is 9.72. The van der Waals surface area contributed by atoms with Crippen molar-refractivity contribution < 1.29 is 4.42 Å². The van der Waals surface area contributed by atoms with Gasteiger partial charge in [0, 0.05) is 10.1 Å². The quantitative estimate of drug-likeness (QED) is 0.898. The summed E-state index contributed by atoms with van der Waals surface area (Å²) < 4.78 is 5.52. The largest absolute Gasteiger partial charge is 0.468 e. The number of hydrogen-bond acceptors (Lipinski definition) is 3. The Bertz CT molecular complexity index is 470. The lowest BCUT2D eigenvalue weighted by atomic mass is 10.0. The molecule has 2 heterocycles. The van der Waals surface area contributed by atoms with Crippen LogP contribution in [0.2, 0.25) is 0 Å². The van der Waals surface area contributed by atoms with Gasteiger partial charge in [0.1, 0.15) is 5.76 Å². The molecule has 0 bridgehead atoms. The van der Waals surface area contributed by atoms with Crippen molar-refractivity contribution in [3.05, 3.63) is 54.0 Å². The lowest BCUT2D eigenvalue weighted by molar-refractivity contribution is 0.423. The van der Waals surface area contributed by atoms with Crippen molar-refractivity contribution in [2.75, 3.05) is 7.05 Å². The van der Waals surface area contributed by atoms with Crippen LogP contribution in [0.1, 0.15) is 17.4 Å². The van der Waals surface area contributed by atoms with Crippen molar-refractivity contribution in [1.29, 1.82) is 0 Å². The van der Waals surface area contributed by atoms with Gasteiger partial charge in [-0.3, -0.25) is 0 Å². The summed E-state index contributed by atoms with van der Waals surface area (Å²) in [5, 5.41) is 3.88. The lowest BCUT2D eigenvalue weighted by Gasteiger charge is -2.19. The highest BCUT2D eigenvalue weighted by Gasteiger charge is 2.30. The molecule has 1 aromatic carbocycles. The number of nitrogens with one attached hydrogen (secondary N) is 1. The normalized spacial score (nSPS) is 20.2. The molecule has 1 aliphatic rings. The fourth-order valence-electron chi connectivity index (χ4n) is 2.37. The first-order valence-electron chi connectivity index (χ1n) is 5.83. The summed E-state index contributed by atoms with van der Waals surface area (Å²) in [4.78, 5) is 1.41. The minimum Gasteiger partial charge on any atom is -0.468 e. The Morgan fingerprint density at radius 2 is 2.18 bits per heavy atom. The fraction of sp³-hybridized carbons (Fsp3) is 0.286. The highest BCUT2D eigenvalue weighted by molar-refractivity contribution is 8.00. The van der Waals surface area contributed by atoms with E-state index < -0.39 is 0 Å². The SMILES string of the molecule is CNC(c1ccco1)C1Cc2ccccc2S1. The van der Waals surface area contributed by atoms with Crippen molar-refractivity contribution in [3.63, 3.8) is 0 Å². The third kappa shape index (κ3) is 2.01. The predicted octanol–water partition coefficient (Wildman–Crippen LogP) is 3.26. The van der Waals surface area contributed by atoms with Crippen molar-refractivity contribution in [3.8, 4) is 0 Å². The maximum Gasteiger partial charge on any atom is 0.121 e. The van der Waals surface area contributed by atoms with Gasteiger partial charge in [-0.1, -0.05) is 18.2 Å². The molecule has 1 aromatic heterocycles. The van der Waals surface area contributed by atoms with Crippen LogP contribution < -0.4 is 5.32 Å². The fourth-order valence-corrected chi connectivity index (χ4v) is 3.83. The van der Waals surface area contributed by atoms with Crippen LogP contribution in [0.5, 0.6) is 0 Å². The van der Waals surface area contributed by atoms with Crippen molar-refractivity contribution in [2.45, 2.75) is 22.6 Å². The summed E-state index contributed by atoms with van der Waals surface area (Å²) in [6, 6.07) is 12.9. The van der Waals surface area contributed by atoms with Crippen LogP contribution >= 0.6 is 11.8 Å². The molecule has 2 aromatic rings. The van der Waals surface area contributed by atoms with Crippen LogP contribution in [-0.4, -0.2) is 12.3 Å². The van der Waals surface area contributed by atoms with Crippen LogP contribution in [0.3, 0.4) is 0 Å². The number of hydrogen-bond donors (Lipinski definition) is 1. The highest BCUT2D eigenvalue weighted by atomic mass is 32.2. The van der Waals surface area contributed by atoms with Gasteiger partial charge in [0.15, 0.2) is 0 Å². The number of rotatable bonds is 3. The Balaban J connectivity index is 1.83. The standard InChI is InChI=1S/C14H15NOS/c1-15-14(11-6-4-8-16-11)13-9-10-5-2-3-7-12(10)17-13/h2-8,13-15H,9H2,1H3. The third-order valence-corrected chi connectivity index (χ3v) is 4.60. The first kappa shape index (κ1) is 10.9. The van der Waals surface area contributed by atoms with Crippen molar-refractivity contribution in [1.82, 2.24) is 5.32 Å². The van der Waals surface area contributed by atoms with E-state index in [1.54, 1.807) is 6.26 Å². The number of furan rings is 1.